The van der Waals surface area contributed by atoms with Crippen LogP contribution in [0.15, 0.2) is 24.3 Å². The first-order valence-corrected chi connectivity index (χ1v) is 7.44. The van der Waals surface area contributed by atoms with Crippen molar-refractivity contribution >= 4 is 9.76 Å². The summed E-state index contributed by atoms with van der Waals surface area (Å²) in [5.74, 6) is 1.77. The van der Waals surface area contributed by atoms with Crippen molar-refractivity contribution in [3.05, 3.63) is 24.3 Å². The molecule has 0 aromatic heterocycles. The van der Waals surface area contributed by atoms with Gasteiger partial charge in [0, 0.05) is 6.61 Å². The van der Waals surface area contributed by atoms with Crippen molar-refractivity contribution in [3.63, 3.8) is 0 Å². The van der Waals surface area contributed by atoms with Gasteiger partial charge in [0.2, 0.25) is 9.76 Å². The normalized spacial score (nSPS) is 26.7. The molecule has 90 valence electrons. The second-order valence-electron chi connectivity index (χ2n) is 4.39. The highest BCUT2D eigenvalue weighted by molar-refractivity contribution is 6.24. The molecule has 0 aromatic carbocycles. The summed E-state index contributed by atoms with van der Waals surface area (Å²) < 4.78 is 5.37. The average Bonchev–Trinajstić information content (AvgIpc) is 2.96. The second-order valence-corrected chi connectivity index (χ2v) is 5.08. The van der Waals surface area contributed by atoms with Crippen LogP contribution in [0.4, 0.5) is 0 Å². The molecular weight excluding hydrogens is 216 g/mol. The van der Waals surface area contributed by atoms with Crippen LogP contribution in [0.2, 0.25) is 6.55 Å². The van der Waals surface area contributed by atoms with Gasteiger partial charge in [-0.1, -0.05) is 24.3 Å². The van der Waals surface area contributed by atoms with Gasteiger partial charge >= 0.3 is 0 Å². The lowest BCUT2D eigenvalue weighted by molar-refractivity contribution is 0.244. The molecular formula is C13H22O2Si. The standard InChI is InChI=1S/C13H22O2Si/c1-11(14)6-4-3-5-7-12-10-13(12)8-9-15-16-2/h3-6,11-14H,7-10H2,1-2H3/b5-3-,6-4+/t11?,12-,13-/m1/s1. The molecule has 0 spiro atoms. The zero-order valence-electron chi connectivity index (χ0n) is 10.2. The fraction of sp³-hybridized carbons (Fsp3) is 0.692. The molecule has 1 rings (SSSR count). The summed E-state index contributed by atoms with van der Waals surface area (Å²) in [6.45, 7) is 4.76. The largest absolute Gasteiger partial charge is 0.418 e. The molecule has 3 atom stereocenters. The van der Waals surface area contributed by atoms with E-state index in [0.29, 0.717) is 9.76 Å². The molecule has 0 amide bonds. The maximum Gasteiger partial charge on any atom is 0.226 e. The quantitative estimate of drug-likeness (QED) is 0.400. The molecule has 1 saturated carbocycles. The minimum atomic E-state index is -0.342. The van der Waals surface area contributed by atoms with Crippen LogP contribution in [0.3, 0.4) is 0 Å². The van der Waals surface area contributed by atoms with Gasteiger partial charge in [0.1, 0.15) is 0 Å². The van der Waals surface area contributed by atoms with Crippen molar-refractivity contribution in [2.24, 2.45) is 11.8 Å². The Morgan fingerprint density at radius 2 is 2.25 bits per heavy atom. The Morgan fingerprint density at radius 1 is 1.44 bits per heavy atom. The lowest BCUT2D eigenvalue weighted by atomic mass is 10.2. The zero-order chi connectivity index (χ0) is 11.8. The summed E-state index contributed by atoms with van der Waals surface area (Å²) in [6, 6.07) is 0. The van der Waals surface area contributed by atoms with Crippen LogP contribution < -0.4 is 0 Å². The lowest BCUT2D eigenvalue weighted by Crippen LogP contribution is -1.97. The van der Waals surface area contributed by atoms with E-state index in [4.69, 9.17) is 9.53 Å². The number of hydrogen-bond acceptors (Lipinski definition) is 2. The summed E-state index contributed by atoms with van der Waals surface area (Å²) in [4.78, 5) is 0. The van der Waals surface area contributed by atoms with Crippen LogP contribution in [0, 0.1) is 11.8 Å². The maximum atomic E-state index is 9.00. The summed E-state index contributed by atoms with van der Waals surface area (Å²) >= 11 is 0. The van der Waals surface area contributed by atoms with Crippen molar-refractivity contribution in [1.82, 2.24) is 0 Å². The predicted molar refractivity (Wildman–Crippen MR) is 68.4 cm³/mol. The van der Waals surface area contributed by atoms with E-state index in [1.165, 1.54) is 19.3 Å². The number of aliphatic hydroxyl groups is 1. The van der Waals surface area contributed by atoms with Crippen molar-refractivity contribution in [1.29, 1.82) is 0 Å². The minimum Gasteiger partial charge on any atom is -0.418 e. The van der Waals surface area contributed by atoms with Gasteiger partial charge in [-0.3, -0.25) is 0 Å². The van der Waals surface area contributed by atoms with Crippen LogP contribution in [0.5, 0.6) is 0 Å². The molecule has 1 fully saturated rings. The summed E-state index contributed by atoms with van der Waals surface area (Å²) in [7, 11) is 0.629. The first kappa shape index (κ1) is 13.7. The van der Waals surface area contributed by atoms with Gasteiger partial charge in [-0.2, -0.15) is 0 Å². The van der Waals surface area contributed by atoms with Crippen LogP contribution in [0.1, 0.15) is 26.2 Å². The third kappa shape index (κ3) is 6.25. The molecule has 0 heterocycles. The Kier molecular flexibility index (Phi) is 6.69. The number of hydrogen-bond donors (Lipinski definition) is 1. The maximum absolute atomic E-state index is 9.00. The summed E-state index contributed by atoms with van der Waals surface area (Å²) in [5, 5.41) is 9.00. The molecule has 0 aromatic rings. The van der Waals surface area contributed by atoms with E-state index >= 15 is 0 Å². The highest BCUT2D eigenvalue weighted by Crippen LogP contribution is 2.43. The van der Waals surface area contributed by atoms with Gasteiger partial charge in [-0.25, -0.2) is 0 Å². The molecule has 1 N–H and O–H groups in total. The Balaban J connectivity index is 2.00. The molecule has 3 heteroatoms. The van der Waals surface area contributed by atoms with Crippen molar-refractivity contribution in [3.8, 4) is 0 Å². The van der Waals surface area contributed by atoms with E-state index in [2.05, 4.69) is 12.6 Å². The molecule has 2 radical (unpaired) electrons. The highest BCUT2D eigenvalue weighted by atomic mass is 28.2. The minimum absolute atomic E-state index is 0.342. The Bertz CT molecular complexity index is 236. The van der Waals surface area contributed by atoms with E-state index in [-0.39, 0.29) is 6.10 Å². The number of aliphatic hydroxyl groups excluding tert-OH is 1. The summed E-state index contributed by atoms with van der Waals surface area (Å²) in [5.41, 5.74) is 0. The van der Waals surface area contributed by atoms with Gasteiger partial charge in [0.25, 0.3) is 0 Å². The number of rotatable bonds is 8. The van der Waals surface area contributed by atoms with Gasteiger partial charge in [-0.15, -0.1) is 0 Å². The molecule has 0 bridgehead atoms. The lowest BCUT2D eigenvalue weighted by Gasteiger charge is -1.98. The Labute approximate surface area is 101 Å². The second kappa shape index (κ2) is 7.82. The molecule has 0 aliphatic heterocycles. The van der Waals surface area contributed by atoms with Crippen molar-refractivity contribution in [2.45, 2.75) is 38.8 Å². The van der Waals surface area contributed by atoms with Crippen molar-refractivity contribution < 1.29 is 9.53 Å². The monoisotopic (exact) mass is 238 g/mol. The SMILES string of the molecule is C[Si]OCC[C@@H]1C[C@H]1C/C=C\C=C\C(C)O. The van der Waals surface area contributed by atoms with Gasteiger partial charge in [-0.05, 0) is 44.6 Å². The van der Waals surface area contributed by atoms with E-state index in [9.17, 15) is 0 Å². The van der Waals surface area contributed by atoms with Crippen LogP contribution in [0.25, 0.3) is 0 Å². The van der Waals surface area contributed by atoms with E-state index < -0.39 is 0 Å². The van der Waals surface area contributed by atoms with E-state index in [1.54, 1.807) is 13.0 Å². The Morgan fingerprint density at radius 3 is 2.94 bits per heavy atom. The predicted octanol–water partition coefficient (Wildman–Crippen LogP) is 2.58. The summed E-state index contributed by atoms with van der Waals surface area (Å²) in [6.07, 6.45) is 11.4. The molecule has 1 unspecified atom stereocenters. The van der Waals surface area contributed by atoms with E-state index in [1.807, 2.05) is 12.2 Å². The van der Waals surface area contributed by atoms with Crippen LogP contribution in [-0.2, 0) is 4.43 Å². The molecule has 1 aliphatic carbocycles. The zero-order valence-corrected chi connectivity index (χ0v) is 11.2. The molecule has 2 nitrogen and oxygen atoms in total. The van der Waals surface area contributed by atoms with Gasteiger partial charge in [0.15, 0.2) is 0 Å². The third-order valence-corrected chi connectivity index (χ3v) is 3.37. The molecule has 1 aliphatic rings. The van der Waals surface area contributed by atoms with E-state index in [0.717, 1.165) is 18.4 Å². The smallest absolute Gasteiger partial charge is 0.226 e. The Hall–Kier alpha value is -0.383. The highest BCUT2D eigenvalue weighted by Gasteiger charge is 2.34. The van der Waals surface area contributed by atoms with Crippen LogP contribution >= 0.6 is 0 Å². The topological polar surface area (TPSA) is 29.5 Å². The fourth-order valence-corrected chi connectivity index (χ4v) is 2.14. The third-order valence-electron chi connectivity index (χ3n) is 2.88. The molecule has 16 heavy (non-hydrogen) atoms. The van der Waals surface area contributed by atoms with Crippen LogP contribution in [-0.4, -0.2) is 27.6 Å². The average molecular weight is 238 g/mol. The van der Waals surface area contributed by atoms with Gasteiger partial charge in [0.05, 0.1) is 6.10 Å². The molecule has 0 saturated heterocycles. The first-order valence-electron chi connectivity index (χ1n) is 6.04. The van der Waals surface area contributed by atoms with Crippen molar-refractivity contribution in [2.75, 3.05) is 6.61 Å². The first-order chi connectivity index (χ1) is 7.74. The fourth-order valence-electron chi connectivity index (χ4n) is 1.82. The number of allylic oxidation sites excluding steroid dienone is 3. The van der Waals surface area contributed by atoms with Gasteiger partial charge < -0.3 is 9.53 Å².